The van der Waals surface area contributed by atoms with Gasteiger partial charge in [0.25, 0.3) is 5.89 Å². The van der Waals surface area contributed by atoms with Crippen LogP contribution in [0.25, 0.3) is 11.5 Å². The monoisotopic (exact) mass is 193 g/mol. The molecule has 0 unspecified atom stereocenters. The van der Waals surface area contributed by atoms with Gasteiger partial charge in [-0.1, -0.05) is 5.16 Å². The van der Waals surface area contributed by atoms with Gasteiger partial charge >= 0.3 is 0 Å². The lowest BCUT2D eigenvalue weighted by molar-refractivity contribution is 0.264. The van der Waals surface area contributed by atoms with Crippen molar-refractivity contribution in [3.8, 4) is 11.5 Å². The van der Waals surface area contributed by atoms with Crippen molar-refractivity contribution in [2.75, 3.05) is 0 Å². The third-order valence-electron chi connectivity index (χ3n) is 1.66. The van der Waals surface area contributed by atoms with Crippen LogP contribution >= 0.6 is 0 Å². The number of aromatic nitrogens is 3. The highest BCUT2D eigenvalue weighted by atomic mass is 16.5. The zero-order valence-electron chi connectivity index (χ0n) is 7.10. The fourth-order valence-corrected chi connectivity index (χ4v) is 1.01. The highest BCUT2D eigenvalue weighted by Gasteiger charge is 2.10. The average Bonchev–Trinajstić information content (AvgIpc) is 2.67. The maximum absolute atomic E-state index is 11.3. The Morgan fingerprint density at radius 1 is 1.57 bits per heavy atom. The fraction of sp³-hybridized carbons (Fsp3) is 0.125. The molecule has 14 heavy (non-hydrogen) atoms. The first-order chi connectivity index (χ1) is 6.81. The van der Waals surface area contributed by atoms with Crippen LogP contribution in [0, 0.1) is 0 Å². The minimum Gasteiger partial charge on any atom is -0.388 e. The molecule has 0 aliphatic heterocycles. The van der Waals surface area contributed by atoms with Crippen molar-refractivity contribution in [3.05, 3.63) is 34.5 Å². The van der Waals surface area contributed by atoms with Crippen molar-refractivity contribution >= 4 is 0 Å². The summed E-state index contributed by atoms with van der Waals surface area (Å²) < 4.78 is 4.78. The molecule has 0 bridgehead atoms. The topological polar surface area (TPSA) is 92.0 Å². The van der Waals surface area contributed by atoms with E-state index in [1.807, 2.05) is 0 Å². The number of aliphatic hydroxyl groups excluding tert-OH is 1. The lowest BCUT2D eigenvalue weighted by Crippen LogP contribution is -2.02. The van der Waals surface area contributed by atoms with Gasteiger partial charge in [-0.25, -0.2) is 0 Å². The van der Waals surface area contributed by atoms with E-state index in [0.717, 1.165) is 0 Å². The quantitative estimate of drug-likeness (QED) is 0.695. The Hall–Kier alpha value is -1.95. The number of aliphatic hydroxyl groups is 1. The van der Waals surface area contributed by atoms with E-state index in [2.05, 4.69) is 15.1 Å². The van der Waals surface area contributed by atoms with E-state index in [1.54, 1.807) is 0 Å². The van der Waals surface area contributed by atoms with E-state index in [1.165, 1.54) is 18.5 Å². The number of nitrogens with one attached hydrogen (secondary N) is 1. The van der Waals surface area contributed by atoms with Crippen molar-refractivity contribution in [1.29, 1.82) is 0 Å². The molecule has 0 aliphatic carbocycles. The van der Waals surface area contributed by atoms with E-state index < -0.39 is 0 Å². The van der Waals surface area contributed by atoms with Crippen LogP contribution in [0.5, 0.6) is 0 Å². The molecule has 6 heteroatoms. The van der Waals surface area contributed by atoms with Gasteiger partial charge in [0, 0.05) is 18.5 Å². The molecule has 2 aromatic heterocycles. The van der Waals surface area contributed by atoms with Crippen molar-refractivity contribution in [1.82, 2.24) is 15.1 Å². The fourth-order valence-electron chi connectivity index (χ4n) is 1.01. The van der Waals surface area contributed by atoms with Crippen LogP contribution in [0.1, 0.15) is 5.82 Å². The first-order valence-corrected chi connectivity index (χ1v) is 3.92. The average molecular weight is 193 g/mol. The van der Waals surface area contributed by atoms with Crippen LogP contribution in [0.2, 0.25) is 0 Å². The highest BCUT2D eigenvalue weighted by Crippen LogP contribution is 2.10. The van der Waals surface area contributed by atoms with Gasteiger partial charge in [0.1, 0.15) is 12.2 Å². The van der Waals surface area contributed by atoms with E-state index in [0.29, 0.717) is 5.56 Å². The maximum atomic E-state index is 11.3. The van der Waals surface area contributed by atoms with Crippen LogP contribution in [0.15, 0.2) is 27.8 Å². The smallest absolute Gasteiger partial charge is 0.263 e. The van der Waals surface area contributed by atoms with Gasteiger partial charge in [-0.3, -0.25) is 4.79 Å². The van der Waals surface area contributed by atoms with Crippen molar-refractivity contribution < 1.29 is 9.63 Å². The molecule has 0 aliphatic rings. The van der Waals surface area contributed by atoms with Gasteiger partial charge < -0.3 is 14.6 Å². The molecule has 0 saturated carbocycles. The molecule has 0 saturated heterocycles. The Kier molecular flexibility index (Phi) is 2.11. The molecule has 0 aromatic carbocycles. The standard InChI is InChI=1S/C8H7N3O3/c12-4-7-10-8(14-11-7)5-3-9-2-1-6(5)13/h1-3,12H,4H2,(H,9,13). The van der Waals surface area contributed by atoms with Crippen molar-refractivity contribution in [2.24, 2.45) is 0 Å². The summed E-state index contributed by atoms with van der Waals surface area (Å²) in [5.41, 5.74) is 0.0802. The summed E-state index contributed by atoms with van der Waals surface area (Å²) in [6.45, 7) is -0.311. The zero-order chi connectivity index (χ0) is 9.97. The third-order valence-corrected chi connectivity index (χ3v) is 1.66. The molecule has 0 fully saturated rings. The molecule has 2 N–H and O–H groups in total. The summed E-state index contributed by atoms with van der Waals surface area (Å²) in [5, 5.41) is 12.2. The Bertz CT molecular complexity index is 488. The molecule has 0 atom stereocenters. The SMILES string of the molecule is O=c1cc[nH]cc1-c1nc(CO)no1. The molecule has 2 heterocycles. The Labute approximate surface area is 78.2 Å². The van der Waals surface area contributed by atoms with Gasteiger partial charge in [0.2, 0.25) is 0 Å². The molecule has 0 amide bonds. The number of rotatable bonds is 2. The first-order valence-electron chi connectivity index (χ1n) is 3.92. The summed E-state index contributed by atoms with van der Waals surface area (Å²) in [7, 11) is 0. The minimum atomic E-state index is -0.311. The van der Waals surface area contributed by atoms with Gasteiger partial charge in [-0.05, 0) is 0 Å². The summed E-state index contributed by atoms with van der Waals surface area (Å²) in [5.74, 6) is 0.263. The minimum absolute atomic E-state index is 0.107. The lowest BCUT2D eigenvalue weighted by Gasteiger charge is -1.89. The molecule has 6 nitrogen and oxygen atoms in total. The van der Waals surface area contributed by atoms with Crippen LogP contribution in [0.4, 0.5) is 0 Å². The number of H-pyrrole nitrogens is 1. The second-order valence-electron chi connectivity index (χ2n) is 2.60. The van der Waals surface area contributed by atoms with Gasteiger partial charge in [-0.15, -0.1) is 0 Å². The van der Waals surface area contributed by atoms with Crippen molar-refractivity contribution in [2.45, 2.75) is 6.61 Å². The molecule has 72 valence electrons. The normalized spacial score (nSPS) is 10.4. The molecule has 2 aromatic rings. The molecule has 0 radical (unpaired) electrons. The predicted molar refractivity (Wildman–Crippen MR) is 46.3 cm³/mol. The maximum Gasteiger partial charge on any atom is 0.263 e. The number of hydrogen-bond donors (Lipinski definition) is 2. The second kappa shape index (κ2) is 3.43. The molecule has 0 spiro atoms. The highest BCUT2D eigenvalue weighted by molar-refractivity contribution is 5.50. The summed E-state index contributed by atoms with van der Waals surface area (Å²) in [6.07, 6.45) is 2.98. The van der Waals surface area contributed by atoms with Crippen LogP contribution in [-0.4, -0.2) is 20.2 Å². The van der Waals surface area contributed by atoms with E-state index in [-0.39, 0.29) is 23.8 Å². The zero-order valence-corrected chi connectivity index (χ0v) is 7.10. The lowest BCUT2D eigenvalue weighted by atomic mass is 10.3. The summed E-state index contributed by atoms with van der Waals surface area (Å²) in [6, 6.07) is 1.36. The van der Waals surface area contributed by atoms with Gasteiger partial charge in [0.05, 0.1) is 0 Å². The van der Waals surface area contributed by atoms with E-state index in [4.69, 9.17) is 9.63 Å². The van der Waals surface area contributed by atoms with Gasteiger partial charge in [-0.2, -0.15) is 4.98 Å². The Morgan fingerprint density at radius 2 is 2.43 bits per heavy atom. The molecular weight excluding hydrogens is 186 g/mol. The third kappa shape index (κ3) is 1.42. The summed E-state index contributed by atoms with van der Waals surface area (Å²) in [4.78, 5) is 17.9. The van der Waals surface area contributed by atoms with Crippen LogP contribution in [0.3, 0.4) is 0 Å². The second-order valence-corrected chi connectivity index (χ2v) is 2.60. The Morgan fingerprint density at radius 3 is 3.07 bits per heavy atom. The van der Waals surface area contributed by atoms with Crippen LogP contribution in [-0.2, 0) is 6.61 Å². The number of aromatic amines is 1. The number of pyridine rings is 1. The molecule has 2 rings (SSSR count). The summed E-state index contributed by atoms with van der Waals surface area (Å²) >= 11 is 0. The van der Waals surface area contributed by atoms with E-state index in [9.17, 15) is 4.79 Å². The van der Waals surface area contributed by atoms with Gasteiger partial charge in [0.15, 0.2) is 11.3 Å². The predicted octanol–water partition coefficient (Wildman–Crippen LogP) is -0.0828. The first kappa shape index (κ1) is 8.64. The molecular formula is C8H7N3O3. The van der Waals surface area contributed by atoms with Crippen molar-refractivity contribution in [3.63, 3.8) is 0 Å². The number of hydrogen-bond acceptors (Lipinski definition) is 5. The largest absolute Gasteiger partial charge is 0.388 e. The number of nitrogens with zero attached hydrogens (tertiary/aromatic N) is 2. The van der Waals surface area contributed by atoms with E-state index >= 15 is 0 Å². The van der Waals surface area contributed by atoms with Crippen LogP contribution < -0.4 is 5.43 Å². The Balaban J connectivity index is 2.50.